The molecule has 2 saturated heterocycles. The Balaban J connectivity index is 2.06. The van der Waals surface area contributed by atoms with E-state index in [1.165, 1.54) is 0 Å². The molecule has 2 fully saturated rings. The number of carbonyl (C=O) groups excluding carboxylic acids is 1. The first-order valence-electron chi connectivity index (χ1n) is 6.85. The standard InChI is InChI=1S/C15H19BrN2O/c1-15(2)13-12(8-5-9-17-13)18(14(15)19)11-7-4-3-6-10(11)16/h3-4,6-7,12-13,17H,5,8-9H2,1-2H3. The summed E-state index contributed by atoms with van der Waals surface area (Å²) in [6.45, 7) is 5.13. The van der Waals surface area contributed by atoms with Crippen molar-refractivity contribution >= 4 is 27.5 Å². The average Bonchev–Trinajstić information content (AvgIpc) is 2.60. The van der Waals surface area contributed by atoms with E-state index >= 15 is 0 Å². The van der Waals surface area contributed by atoms with Crippen LogP contribution in [0.4, 0.5) is 5.69 Å². The second kappa shape index (κ2) is 4.60. The number of amides is 1. The van der Waals surface area contributed by atoms with Crippen LogP contribution >= 0.6 is 15.9 Å². The quantitative estimate of drug-likeness (QED) is 0.862. The topological polar surface area (TPSA) is 32.3 Å². The van der Waals surface area contributed by atoms with Crippen molar-refractivity contribution in [2.75, 3.05) is 11.4 Å². The number of benzene rings is 1. The van der Waals surface area contributed by atoms with Crippen LogP contribution in [0.25, 0.3) is 0 Å². The van der Waals surface area contributed by atoms with Gasteiger partial charge < -0.3 is 10.2 Å². The third kappa shape index (κ3) is 1.93. The molecular formula is C15H19BrN2O. The number of rotatable bonds is 1. The Morgan fingerprint density at radius 3 is 2.84 bits per heavy atom. The van der Waals surface area contributed by atoms with E-state index in [-0.39, 0.29) is 23.4 Å². The molecule has 0 saturated carbocycles. The smallest absolute Gasteiger partial charge is 0.234 e. The lowest BCUT2D eigenvalue weighted by molar-refractivity contribution is -0.124. The molecule has 0 bridgehead atoms. The summed E-state index contributed by atoms with van der Waals surface area (Å²) in [6.07, 6.45) is 2.21. The van der Waals surface area contributed by atoms with Crippen LogP contribution in [0.2, 0.25) is 0 Å². The highest BCUT2D eigenvalue weighted by Gasteiger charge is 2.54. The largest absolute Gasteiger partial charge is 0.311 e. The first-order chi connectivity index (χ1) is 9.03. The first kappa shape index (κ1) is 13.1. The van der Waals surface area contributed by atoms with Gasteiger partial charge in [-0.15, -0.1) is 0 Å². The summed E-state index contributed by atoms with van der Waals surface area (Å²) >= 11 is 3.57. The highest BCUT2D eigenvalue weighted by Crippen LogP contribution is 2.43. The van der Waals surface area contributed by atoms with Crippen molar-refractivity contribution in [2.45, 2.75) is 38.8 Å². The normalized spacial score (nSPS) is 29.4. The van der Waals surface area contributed by atoms with Crippen LogP contribution in [0.5, 0.6) is 0 Å². The molecule has 2 atom stereocenters. The van der Waals surface area contributed by atoms with Crippen molar-refractivity contribution < 1.29 is 4.79 Å². The van der Waals surface area contributed by atoms with Gasteiger partial charge in [0, 0.05) is 10.5 Å². The summed E-state index contributed by atoms with van der Waals surface area (Å²) in [4.78, 5) is 14.8. The van der Waals surface area contributed by atoms with Crippen LogP contribution in [0.1, 0.15) is 26.7 Å². The molecule has 2 unspecified atom stereocenters. The molecule has 0 radical (unpaired) electrons. The number of carbonyl (C=O) groups is 1. The predicted octanol–water partition coefficient (Wildman–Crippen LogP) is 2.94. The maximum absolute atomic E-state index is 12.8. The summed E-state index contributed by atoms with van der Waals surface area (Å²) in [7, 11) is 0. The van der Waals surface area contributed by atoms with Gasteiger partial charge in [0.25, 0.3) is 0 Å². The maximum Gasteiger partial charge on any atom is 0.234 e. The molecule has 4 heteroatoms. The lowest BCUT2D eigenvalue weighted by atomic mass is 9.81. The van der Waals surface area contributed by atoms with E-state index < -0.39 is 0 Å². The lowest BCUT2D eigenvalue weighted by Gasteiger charge is -2.34. The number of para-hydroxylation sites is 1. The molecule has 1 aromatic carbocycles. The van der Waals surface area contributed by atoms with E-state index in [2.05, 4.69) is 35.1 Å². The van der Waals surface area contributed by atoms with E-state index in [9.17, 15) is 4.79 Å². The maximum atomic E-state index is 12.8. The van der Waals surface area contributed by atoms with Crippen LogP contribution in [0, 0.1) is 5.41 Å². The van der Waals surface area contributed by atoms with Gasteiger partial charge in [0.05, 0.1) is 17.1 Å². The molecule has 2 aliphatic heterocycles. The number of hydrogen-bond acceptors (Lipinski definition) is 2. The number of nitrogens with zero attached hydrogens (tertiary/aromatic N) is 1. The van der Waals surface area contributed by atoms with E-state index in [1.807, 2.05) is 29.2 Å². The van der Waals surface area contributed by atoms with Crippen molar-refractivity contribution in [3.8, 4) is 0 Å². The molecule has 3 rings (SSSR count). The second-order valence-electron chi connectivity index (χ2n) is 5.99. The fourth-order valence-corrected chi connectivity index (χ4v) is 3.89. The number of anilines is 1. The van der Waals surface area contributed by atoms with E-state index in [0.29, 0.717) is 0 Å². The van der Waals surface area contributed by atoms with E-state index in [4.69, 9.17) is 0 Å². The highest BCUT2D eigenvalue weighted by atomic mass is 79.9. The van der Waals surface area contributed by atoms with Crippen LogP contribution in [0.15, 0.2) is 28.7 Å². The molecule has 102 valence electrons. The molecule has 1 amide bonds. The van der Waals surface area contributed by atoms with Gasteiger partial charge in [0.15, 0.2) is 0 Å². The second-order valence-corrected chi connectivity index (χ2v) is 6.84. The highest BCUT2D eigenvalue weighted by molar-refractivity contribution is 9.10. The monoisotopic (exact) mass is 322 g/mol. The number of halogens is 1. The molecule has 0 aromatic heterocycles. The molecular weight excluding hydrogens is 304 g/mol. The van der Waals surface area contributed by atoms with Crippen molar-refractivity contribution in [1.82, 2.24) is 5.32 Å². The van der Waals surface area contributed by atoms with Crippen LogP contribution in [-0.2, 0) is 4.79 Å². The Labute approximate surface area is 122 Å². The predicted molar refractivity (Wildman–Crippen MR) is 80.2 cm³/mol. The Morgan fingerprint density at radius 1 is 1.37 bits per heavy atom. The minimum absolute atomic E-state index is 0.226. The number of nitrogens with one attached hydrogen (secondary N) is 1. The Hall–Kier alpha value is -0.870. The van der Waals surface area contributed by atoms with Crippen LogP contribution in [0.3, 0.4) is 0 Å². The molecule has 2 aliphatic rings. The van der Waals surface area contributed by atoms with Gasteiger partial charge in [-0.2, -0.15) is 0 Å². The molecule has 0 aliphatic carbocycles. The van der Waals surface area contributed by atoms with Crippen molar-refractivity contribution in [3.63, 3.8) is 0 Å². The molecule has 2 heterocycles. The summed E-state index contributed by atoms with van der Waals surface area (Å²) < 4.78 is 0.991. The van der Waals surface area contributed by atoms with Gasteiger partial charge in [0.1, 0.15) is 0 Å². The molecule has 1 N–H and O–H groups in total. The zero-order chi connectivity index (χ0) is 13.6. The van der Waals surface area contributed by atoms with Crippen molar-refractivity contribution in [3.05, 3.63) is 28.7 Å². The molecule has 3 nitrogen and oxygen atoms in total. The van der Waals surface area contributed by atoms with Gasteiger partial charge in [-0.3, -0.25) is 4.79 Å². The van der Waals surface area contributed by atoms with Gasteiger partial charge in [-0.05, 0) is 61.3 Å². The molecule has 0 spiro atoms. The zero-order valence-corrected chi connectivity index (χ0v) is 12.9. The van der Waals surface area contributed by atoms with Gasteiger partial charge in [-0.25, -0.2) is 0 Å². The fraction of sp³-hybridized carbons (Fsp3) is 0.533. The summed E-state index contributed by atoms with van der Waals surface area (Å²) in [5, 5.41) is 3.54. The summed E-state index contributed by atoms with van der Waals surface area (Å²) in [5.74, 6) is 0.226. The SMILES string of the molecule is CC1(C)C(=O)N(c2ccccc2Br)C2CCCNC21. The average molecular weight is 323 g/mol. The zero-order valence-electron chi connectivity index (χ0n) is 11.3. The van der Waals surface area contributed by atoms with Crippen LogP contribution < -0.4 is 10.2 Å². The minimum Gasteiger partial charge on any atom is -0.311 e. The van der Waals surface area contributed by atoms with Crippen molar-refractivity contribution in [2.24, 2.45) is 5.41 Å². The summed E-state index contributed by atoms with van der Waals surface area (Å²) in [5.41, 5.74) is 0.664. The van der Waals surface area contributed by atoms with Gasteiger partial charge in [-0.1, -0.05) is 12.1 Å². The first-order valence-corrected chi connectivity index (χ1v) is 7.64. The van der Waals surface area contributed by atoms with E-state index in [1.54, 1.807) is 0 Å². The Kier molecular flexibility index (Phi) is 3.18. The van der Waals surface area contributed by atoms with Gasteiger partial charge in [0.2, 0.25) is 5.91 Å². The minimum atomic E-state index is -0.333. The number of piperidine rings is 1. The lowest BCUT2D eigenvalue weighted by Crippen LogP contribution is -2.50. The third-order valence-electron chi connectivity index (χ3n) is 4.42. The number of fused-ring (bicyclic) bond motifs is 1. The molecule has 19 heavy (non-hydrogen) atoms. The fourth-order valence-electron chi connectivity index (χ4n) is 3.41. The van der Waals surface area contributed by atoms with E-state index in [0.717, 1.165) is 29.5 Å². The van der Waals surface area contributed by atoms with Crippen molar-refractivity contribution in [1.29, 1.82) is 0 Å². The Morgan fingerprint density at radius 2 is 2.11 bits per heavy atom. The number of hydrogen-bond donors (Lipinski definition) is 1. The molecule has 1 aromatic rings. The summed E-state index contributed by atoms with van der Waals surface area (Å²) in [6, 6.07) is 8.52. The van der Waals surface area contributed by atoms with Gasteiger partial charge >= 0.3 is 0 Å². The van der Waals surface area contributed by atoms with Crippen LogP contribution in [-0.4, -0.2) is 24.5 Å². The Bertz CT molecular complexity index is 515. The third-order valence-corrected chi connectivity index (χ3v) is 5.09.